The first kappa shape index (κ1) is 22.4. The molecule has 0 spiro atoms. The summed E-state index contributed by atoms with van der Waals surface area (Å²) in [6.45, 7) is 3.52. The first-order chi connectivity index (χ1) is 14.7. The first-order valence-electron chi connectivity index (χ1n) is 9.01. The quantitative estimate of drug-likeness (QED) is 0.504. The summed E-state index contributed by atoms with van der Waals surface area (Å²) in [6.07, 6.45) is 0. The minimum absolute atomic E-state index is 0.00826. The molecule has 3 aromatic rings. The molecular formula is C21H19ClN2O6S. The van der Waals surface area contributed by atoms with Gasteiger partial charge in [-0.1, -0.05) is 11.6 Å². The second-order valence-electron chi connectivity index (χ2n) is 6.53. The number of benzene rings is 1. The van der Waals surface area contributed by atoms with E-state index in [4.69, 9.17) is 31.2 Å². The number of anilines is 1. The normalized spacial score (nSPS) is 10.6. The number of nitrogens with one attached hydrogen (secondary N) is 1. The van der Waals surface area contributed by atoms with E-state index in [2.05, 4.69) is 5.32 Å². The third-order valence-corrected chi connectivity index (χ3v) is 5.84. The maximum atomic E-state index is 12.6. The maximum absolute atomic E-state index is 12.6. The molecule has 31 heavy (non-hydrogen) atoms. The molecule has 0 aliphatic heterocycles. The number of amides is 2. The third-order valence-electron chi connectivity index (χ3n) is 4.38. The van der Waals surface area contributed by atoms with E-state index in [0.717, 1.165) is 16.9 Å². The summed E-state index contributed by atoms with van der Waals surface area (Å²) in [5.41, 5.74) is 6.63. The maximum Gasteiger partial charge on any atom is 0.341 e. The van der Waals surface area contributed by atoms with Gasteiger partial charge in [-0.25, -0.2) is 4.79 Å². The molecule has 8 nitrogen and oxygen atoms in total. The van der Waals surface area contributed by atoms with Crippen LogP contribution in [-0.4, -0.2) is 24.9 Å². The summed E-state index contributed by atoms with van der Waals surface area (Å²) in [5.74, 6) is -0.924. The summed E-state index contributed by atoms with van der Waals surface area (Å²) >= 11 is 6.83. The number of primary amides is 1. The van der Waals surface area contributed by atoms with Crippen molar-refractivity contribution in [3.8, 4) is 5.75 Å². The molecule has 10 heteroatoms. The Morgan fingerprint density at radius 3 is 2.58 bits per heavy atom. The lowest BCUT2D eigenvalue weighted by Gasteiger charge is -2.08. The van der Waals surface area contributed by atoms with Gasteiger partial charge >= 0.3 is 5.97 Å². The van der Waals surface area contributed by atoms with Gasteiger partial charge in [-0.3, -0.25) is 9.59 Å². The fourth-order valence-electron chi connectivity index (χ4n) is 2.85. The van der Waals surface area contributed by atoms with Gasteiger partial charge in [-0.05, 0) is 55.3 Å². The molecule has 3 N–H and O–H groups in total. The fourth-order valence-corrected chi connectivity index (χ4v) is 4.12. The summed E-state index contributed by atoms with van der Waals surface area (Å²) in [7, 11) is 1.20. The number of carbonyl (C=O) groups excluding carboxylic acids is 3. The Balaban J connectivity index is 1.75. The molecule has 0 saturated carbocycles. The number of methoxy groups -OCH3 is 1. The molecule has 162 valence electrons. The van der Waals surface area contributed by atoms with E-state index in [9.17, 15) is 14.4 Å². The topological polar surface area (TPSA) is 121 Å². The van der Waals surface area contributed by atoms with E-state index in [0.29, 0.717) is 22.1 Å². The van der Waals surface area contributed by atoms with E-state index in [-0.39, 0.29) is 27.8 Å². The average Bonchev–Trinajstić information content (AvgIpc) is 3.31. The van der Waals surface area contributed by atoms with Crippen LogP contribution in [0.5, 0.6) is 5.75 Å². The second kappa shape index (κ2) is 9.23. The Morgan fingerprint density at radius 2 is 1.94 bits per heavy atom. The minimum atomic E-state index is -0.705. The van der Waals surface area contributed by atoms with Crippen LogP contribution in [-0.2, 0) is 11.3 Å². The Labute approximate surface area is 186 Å². The zero-order valence-corrected chi connectivity index (χ0v) is 18.5. The standard InChI is InChI=1S/C21H19ClN2O6S/c1-10-8-12(22)4-6-14(10)29-9-13-5-7-15(30-13)19(26)24-20-16(21(27)28-3)11(2)17(31-20)18(23)25/h4-8H,9H2,1-3H3,(H2,23,25)(H,24,26). The van der Waals surface area contributed by atoms with Crippen molar-refractivity contribution in [1.82, 2.24) is 0 Å². The van der Waals surface area contributed by atoms with Gasteiger partial charge in [-0.2, -0.15) is 0 Å². The van der Waals surface area contributed by atoms with Gasteiger partial charge < -0.3 is 24.9 Å². The van der Waals surface area contributed by atoms with Crippen molar-refractivity contribution in [3.05, 3.63) is 68.4 Å². The number of furan rings is 1. The number of esters is 1. The van der Waals surface area contributed by atoms with Crippen LogP contribution in [0.1, 0.15) is 47.5 Å². The molecular weight excluding hydrogens is 444 g/mol. The molecule has 0 bridgehead atoms. The van der Waals surface area contributed by atoms with E-state index >= 15 is 0 Å². The van der Waals surface area contributed by atoms with Crippen LogP contribution in [0.15, 0.2) is 34.7 Å². The molecule has 0 saturated heterocycles. The number of hydrogen-bond donors (Lipinski definition) is 2. The lowest BCUT2D eigenvalue weighted by Crippen LogP contribution is -2.14. The number of nitrogens with two attached hydrogens (primary N) is 1. The molecule has 1 aromatic carbocycles. The van der Waals surface area contributed by atoms with Crippen molar-refractivity contribution in [1.29, 1.82) is 0 Å². The number of rotatable bonds is 7. The molecule has 2 aromatic heterocycles. The highest BCUT2D eigenvalue weighted by Crippen LogP contribution is 2.34. The van der Waals surface area contributed by atoms with Crippen molar-refractivity contribution in [2.24, 2.45) is 5.73 Å². The average molecular weight is 463 g/mol. The largest absolute Gasteiger partial charge is 0.485 e. The number of ether oxygens (including phenoxy) is 2. The zero-order chi connectivity index (χ0) is 22.7. The van der Waals surface area contributed by atoms with Crippen LogP contribution in [0.3, 0.4) is 0 Å². The number of thiophene rings is 1. The number of carbonyl (C=O) groups is 3. The lowest BCUT2D eigenvalue weighted by atomic mass is 10.1. The van der Waals surface area contributed by atoms with Crippen LogP contribution in [0.4, 0.5) is 5.00 Å². The Kier molecular flexibility index (Phi) is 6.67. The van der Waals surface area contributed by atoms with Crippen molar-refractivity contribution >= 4 is 45.7 Å². The first-order valence-corrected chi connectivity index (χ1v) is 10.2. The van der Waals surface area contributed by atoms with E-state index in [1.54, 1.807) is 31.2 Å². The predicted octanol–water partition coefficient (Wildman–Crippen LogP) is 4.33. The molecule has 2 heterocycles. The second-order valence-corrected chi connectivity index (χ2v) is 7.99. The van der Waals surface area contributed by atoms with Crippen molar-refractivity contribution in [2.45, 2.75) is 20.5 Å². The van der Waals surface area contributed by atoms with Gasteiger partial charge in [0, 0.05) is 5.02 Å². The molecule has 2 amide bonds. The predicted molar refractivity (Wildman–Crippen MR) is 116 cm³/mol. The molecule has 0 atom stereocenters. The van der Waals surface area contributed by atoms with Gasteiger partial charge in [0.15, 0.2) is 5.76 Å². The summed E-state index contributed by atoms with van der Waals surface area (Å²) in [4.78, 5) is 36.5. The van der Waals surface area contributed by atoms with E-state index < -0.39 is 17.8 Å². The Bertz CT molecular complexity index is 1170. The monoisotopic (exact) mass is 462 g/mol. The summed E-state index contributed by atoms with van der Waals surface area (Å²) < 4.78 is 16.0. The van der Waals surface area contributed by atoms with Crippen LogP contribution in [0.2, 0.25) is 5.02 Å². The fraction of sp³-hybridized carbons (Fsp3) is 0.190. The highest BCUT2D eigenvalue weighted by atomic mass is 35.5. The highest BCUT2D eigenvalue weighted by molar-refractivity contribution is 7.18. The summed E-state index contributed by atoms with van der Waals surface area (Å²) in [5, 5.41) is 3.34. The van der Waals surface area contributed by atoms with Crippen molar-refractivity contribution in [3.63, 3.8) is 0 Å². The van der Waals surface area contributed by atoms with E-state index in [1.165, 1.54) is 13.2 Å². The van der Waals surface area contributed by atoms with Crippen molar-refractivity contribution in [2.75, 3.05) is 12.4 Å². The molecule has 3 rings (SSSR count). The number of hydrogen-bond acceptors (Lipinski definition) is 7. The molecule has 0 radical (unpaired) electrons. The third kappa shape index (κ3) is 4.89. The zero-order valence-electron chi connectivity index (χ0n) is 16.9. The van der Waals surface area contributed by atoms with Crippen LogP contribution in [0, 0.1) is 13.8 Å². The van der Waals surface area contributed by atoms with Crippen LogP contribution in [0.25, 0.3) is 0 Å². The minimum Gasteiger partial charge on any atom is -0.485 e. The lowest BCUT2D eigenvalue weighted by molar-refractivity contribution is 0.0601. The van der Waals surface area contributed by atoms with Crippen LogP contribution < -0.4 is 15.8 Å². The molecule has 0 aliphatic carbocycles. The Hall–Kier alpha value is -3.30. The van der Waals surface area contributed by atoms with Crippen LogP contribution >= 0.6 is 22.9 Å². The van der Waals surface area contributed by atoms with Gasteiger partial charge in [0.1, 0.15) is 23.1 Å². The summed E-state index contributed by atoms with van der Waals surface area (Å²) in [6, 6.07) is 8.33. The SMILES string of the molecule is COC(=O)c1c(NC(=O)c2ccc(COc3ccc(Cl)cc3C)o2)sc(C(N)=O)c1C. The Morgan fingerprint density at radius 1 is 1.19 bits per heavy atom. The van der Waals surface area contributed by atoms with Gasteiger partial charge in [-0.15, -0.1) is 11.3 Å². The number of halogens is 1. The van der Waals surface area contributed by atoms with Gasteiger partial charge in [0.25, 0.3) is 11.8 Å². The smallest absolute Gasteiger partial charge is 0.341 e. The van der Waals surface area contributed by atoms with Gasteiger partial charge in [0.05, 0.1) is 17.6 Å². The van der Waals surface area contributed by atoms with Crippen molar-refractivity contribution < 1.29 is 28.3 Å². The molecule has 0 fully saturated rings. The molecule has 0 aliphatic rings. The highest BCUT2D eigenvalue weighted by Gasteiger charge is 2.26. The molecule has 0 unspecified atom stereocenters. The number of aryl methyl sites for hydroxylation is 1. The van der Waals surface area contributed by atoms with E-state index in [1.807, 2.05) is 6.92 Å². The van der Waals surface area contributed by atoms with Gasteiger partial charge in [0.2, 0.25) is 0 Å².